The SMILES string of the molecule is CN(C)CCN(C)c1cncc(-c2ccc(O)c(C=C3SC(=O)NC3=O)c2)n1. The first-order chi connectivity index (χ1) is 13.3. The molecule has 0 radical (unpaired) electrons. The highest BCUT2D eigenvalue weighted by Gasteiger charge is 2.25. The molecular formula is C19H21N5O3S. The maximum Gasteiger partial charge on any atom is 0.290 e. The standard InChI is InChI=1S/C19H21N5O3S/c1-23(2)6-7-24(3)17-11-20-10-14(21-17)12-4-5-15(25)13(8-12)9-16-18(26)22-19(27)28-16/h4-5,8-11,25H,6-7H2,1-3H3,(H,22,26,27). The largest absolute Gasteiger partial charge is 0.507 e. The van der Waals surface area contributed by atoms with Crippen LogP contribution < -0.4 is 10.2 Å². The van der Waals surface area contributed by atoms with E-state index in [4.69, 9.17) is 0 Å². The Morgan fingerprint density at radius 3 is 2.64 bits per heavy atom. The van der Waals surface area contributed by atoms with E-state index in [2.05, 4.69) is 20.2 Å². The summed E-state index contributed by atoms with van der Waals surface area (Å²) >= 11 is 0.805. The number of amides is 2. The number of nitrogens with one attached hydrogen (secondary N) is 1. The van der Waals surface area contributed by atoms with Gasteiger partial charge < -0.3 is 14.9 Å². The molecule has 0 spiro atoms. The van der Waals surface area contributed by atoms with Crippen molar-refractivity contribution in [3.8, 4) is 17.0 Å². The molecule has 1 fully saturated rings. The van der Waals surface area contributed by atoms with Crippen LogP contribution in [0.3, 0.4) is 0 Å². The second-order valence-corrected chi connectivity index (χ2v) is 7.63. The van der Waals surface area contributed by atoms with Gasteiger partial charge in [0.25, 0.3) is 11.1 Å². The molecule has 1 saturated heterocycles. The number of hydrogen-bond donors (Lipinski definition) is 2. The van der Waals surface area contributed by atoms with E-state index in [1.54, 1.807) is 24.5 Å². The van der Waals surface area contributed by atoms with Gasteiger partial charge in [0.1, 0.15) is 11.6 Å². The second-order valence-electron chi connectivity index (χ2n) is 6.61. The summed E-state index contributed by atoms with van der Waals surface area (Å²) < 4.78 is 0. The monoisotopic (exact) mass is 399 g/mol. The fourth-order valence-electron chi connectivity index (χ4n) is 2.53. The molecule has 2 amide bonds. The molecule has 2 N–H and O–H groups in total. The van der Waals surface area contributed by atoms with Crippen LogP contribution in [0, 0.1) is 0 Å². The number of carbonyl (C=O) groups is 2. The zero-order chi connectivity index (χ0) is 20.3. The minimum atomic E-state index is -0.468. The summed E-state index contributed by atoms with van der Waals surface area (Å²) in [6.07, 6.45) is 4.84. The number of nitrogens with zero attached hydrogens (tertiary/aromatic N) is 4. The summed E-state index contributed by atoms with van der Waals surface area (Å²) in [7, 11) is 5.98. The minimum Gasteiger partial charge on any atom is -0.507 e. The van der Waals surface area contributed by atoms with Gasteiger partial charge in [-0.3, -0.25) is 19.9 Å². The van der Waals surface area contributed by atoms with E-state index in [0.29, 0.717) is 11.3 Å². The first-order valence-electron chi connectivity index (χ1n) is 8.59. The summed E-state index contributed by atoms with van der Waals surface area (Å²) in [6, 6.07) is 4.98. The molecular weight excluding hydrogens is 378 g/mol. The molecule has 1 aliphatic heterocycles. The molecule has 3 rings (SSSR count). The number of anilines is 1. The van der Waals surface area contributed by atoms with E-state index in [-0.39, 0.29) is 10.7 Å². The fourth-order valence-corrected chi connectivity index (χ4v) is 3.21. The lowest BCUT2D eigenvalue weighted by Crippen LogP contribution is -2.29. The molecule has 146 valence electrons. The lowest BCUT2D eigenvalue weighted by atomic mass is 10.1. The lowest BCUT2D eigenvalue weighted by Gasteiger charge is -2.20. The number of aromatic hydroxyl groups is 1. The van der Waals surface area contributed by atoms with Gasteiger partial charge in [-0.15, -0.1) is 0 Å². The van der Waals surface area contributed by atoms with Crippen molar-refractivity contribution in [3.05, 3.63) is 41.1 Å². The molecule has 8 nitrogen and oxygen atoms in total. The van der Waals surface area contributed by atoms with Crippen molar-refractivity contribution in [3.63, 3.8) is 0 Å². The number of rotatable bonds is 6. The Hall–Kier alpha value is -2.91. The van der Waals surface area contributed by atoms with Crippen LogP contribution in [0.1, 0.15) is 5.56 Å². The summed E-state index contributed by atoms with van der Waals surface area (Å²) in [5.41, 5.74) is 1.82. The van der Waals surface area contributed by atoms with Gasteiger partial charge in [-0.1, -0.05) is 0 Å². The Bertz CT molecular complexity index is 945. The van der Waals surface area contributed by atoms with Crippen LogP contribution in [0.4, 0.5) is 10.6 Å². The number of phenolic OH excluding ortho intramolecular Hbond substituents is 1. The Morgan fingerprint density at radius 2 is 1.96 bits per heavy atom. The van der Waals surface area contributed by atoms with Crippen molar-refractivity contribution in [2.24, 2.45) is 0 Å². The molecule has 0 atom stereocenters. The zero-order valence-electron chi connectivity index (χ0n) is 15.8. The van der Waals surface area contributed by atoms with E-state index >= 15 is 0 Å². The van der Waals surface area contributed by atoms with Crippen LogP contribution in [0.15, 0.2) is 35.5 Å². The third-order valence-electron chi connectivity index (χ3n) is 4.15. The van der Waals surface area contributed by atoms with E-state index in [1.165, 1.54) is 12.1 Å². The Kier molecular flexibility index (Phi) is 5.96. The van der Waals surface area contributed by atoms with Gasteiger partial charge in [0, 0.05) is 31.3 Å². The number of likely N-dealkylation sites (N-methyl/N-ethyl adjacent to an activating group) is 2. The van der Waals surface area contributed by atoms with Gasteiger partial charge in [0.2, 0.25) is 0 Å². The molecule has 2 aromatic rings. The van der Waals surface area contributed by atoms with Gasteiger partial charge in [-0.25, -0.2) is 4.98 Å². The lowest BCUT2D eigenvalue weighted by molar-refractivity contribution is -0.115. The highest BCUT2D eigenvalue weighted by Crippen LogP contribution is 2.31. The van der Waals surface area contributed by atoms with Gasteiger partial charge in [-0.2, -0.15) is 0 Å². The summed E-state index contributed by atoms with van der Waals surface area (Å²) in [6.45, 7) is 1.69. The van der Waals surface area contributed by atoms with Gasteiger partial charge in [-0.05, 0) is 50.1 Å². The second kappa shape index (κ2) is 8.41. The van der Waals surface area contributed by atoms with Crippen LogP contribution in [-0.4, -0.2) is 65.4 Å². The number of hydrogen-bond acceptors (Lipinski definition) is 8. The van der Waals surface area contributed by atoms with Crippen molar-refractivity contribution < 1.29 is 14.7 Å². The number of aromatic nitrogens is 2. The fraction of sp³-hybridized carbons (Fsp3) is 0.263. The van der Waals surface area contributed by atoms with Crippen molar-refractivity contribution in [1.29, 1.82) is 0 Å². The highest BCUT2D eigenvalue weighted by molar-refractivity contribution is 8.18. The van der Waals surface area contributed by atoms with E-state index in [0.717, 1.165) is 36.2 Å². The quantitative estimate of drug-likeness (QED) is 0.713. The van der Waals surface area contributed by atoms with Crippen LogP contribution in [0.2, 0.25) is 0 Å². The number of imide groups is 1. The first-order valence-corrected chi connectivity index (χ1v) is 9.41. The molecule has 28 heavy (non-hydrogen) atoms. The van der Waals surface area contributed by atoms with Crippen LogP contribution in [-0.2, 0) is 4.79 Å². The molecule has 2 heterocycles. The molecule has 1 aromatic heterocycles. The Labute approximate surface area is 167 Å². The molecule has 0 saturated carbocycles. The van der Waals surface area contributed by atoms with Crippen molar-refractivity contribution in [2.75, 3.05) is 39.1 Å². The van der Waals surface area contributed by atoms with Crippen LogP contribution in [0.25, 0.3) is 17.3 Å². The molecule has 0 aliphatic carbocycles. The van der Waals surface area contributed by atoms with Gasteiger partial charge in [0.05, 0.1) is 23.0 Å². The van der Waals surface area contributed by atoms with Crippen molar-refractivity contribution in [1.82, 2.24) is 20.2 Å². The normalized spacial score (nSPS) is 15.4. The predicted octanol–water partition coefficient (Wildman–Crippen LogP) is 2.17. The molecule has 1 aromatic carbocycles. The Morgan fingerprint density at radius 1 is 1.18 bits per heavy atom. The number of carbonyl (C=O) groups excluding carboxylic acids is 2. The van der Waals surface area contributed by atoms with E-state index in [1.807, 2.05) is 26.0 Å². The molecule has 0 unspecified atom stereocenters. The number of benzene rings is 1. The third kappa shape index (κ3) is 4.68. The van der Waals surface area contributed by atoms with Crippen molar-refractivity contribution in [2.45, 2.75) is 0 Å². The average molecular weight is 399 g/mol. The smallest absolute Gasteiger partial charge is 0.290 e. The van der Waals surface area contributed by atoms with Gasteiger partial charge >= 0.3 is 0 Å². The number of phenols is 1. The maximum atomic E-state index is 11.8. The molecule has 1 aliphatic rings. The summed E-state index contributed by atoms with van der Waals surface area (Å²) in [4.78, 5) is 36.4. The topological polar surface area (TPSA) is 98.7 Å². The molecule has 9 heteroatoms. The highest BCUT2D eigenvalue weighted by atomic mass is 32.2. The zero-order valence-corrected chi connectivity index (χ0v) is 16.7. The molecule has 0 bridgehead atoms. The first kappa shape index (κ1) is 19.8. The van der Waals surface area contributed by atoms with Crippen LogP contribution in [0.5, 0.6) is 5.75 Å². The van der Waals surface area contributed by atoms with Crippen molar-refractivity contribution >= 4 is 34.8 Å². The third-order valence-corrected chi connectivity index (χ3v) is 4.96. The van der Waals surface area contributed by atoms with Gasteiger partial charge in [0.15, 0.2) is 0 Å². The maximum absolute atomic E-state index is 11.8. The average Bonchev–Trinajstić information content (AvgIpc) is 2.98. The van der Waals surface area contributed by atoms with E-state index in [9.17, 15) is 14.7 Å². The summed E-state index contributed by atoms with van der Waals surface area (Å²) in [5, 5.41) is 11.9. The predicted molar refractivity (Wildman–Crippen MR) is 110 cm³/mol. The Balaban J connectivity index is 1.88. The van der Waals surface area contributed by atoms with E-state index < -0.39 is 11.1 Å². The minimum absolute atomic E-state index is 0.0104. The number of thioether (sulfide) groups is 1. The van der Waals surface area contributed by atoms with Crippen LogP contribution >= 0.6 is 11.8 Å². The summed E-state index contributed by atoms with van der Waals surface area (Å²) in [5.74, 6) is 0.281.